The van der Waals surface area contributed by atoms with Gasteiger partial charge in [0, 0.05) is 11.5 Å². The number of carbonyl (C=O) groups is 1. The number of methoxy groups -OCH3 is 2. The summed E-state index contributed by atoms with van der Waals surface area (Å²) in [4.78, 5) is 10.4. The molecule has 0 aliphatic rings. The minimum absolute atomic E-state index is 0. The van der Waals surface area contributed by atoms with Gasteiger partial charge in [0.15, 0.2) is 0 Å². The molecular weight excluding hydrogens is 163 g/mol. The molecule has 1 rings (SSSR count). The molecule has 0 heterocycles. The molecule has 0 unspecified atom stereocenters. The Hall–Kier alpha value is -0.913. The number of aldehydes is 1. The van der Waals surface area contributed by atoms with Gasteiger partial charge in [-0.05, 0) is 0 Å². The maximum atomic E-state index is 10.4. The Labute approximate surface area is 89.2 Å². The summed E-state index contributed by atoms with van der Waals surface area (Å²) in [7, 11) is 3.04. The van der Waals surface area contributed by atoms with Crippen LogP contribution >= 0.6 is 0 Å². The van der Waals surface area contributed by atoms with Crippen LogP contribution in [-0.4, -0.2) is 20.5 Å². The summed E-state index contributed by atoms with van der Waals surface area (Å²) in [5.41, 5.74) is 0.401. The van der Waals surface area contributed by atoms with Crippen LogP contribution in [0.15, 0.2) is 12.1 Å². The molecule has 1 aromatic carbocycles. The van der Waals surface area contributed by atoms with Gasteiger partial charge in [0.1, 0.15) is 0 Å². The molecule has 0 saturated heterocycles. The largest absolute Gasteiger partial charge is 1.00 e. The zero-order valence-corrected chi connectivity index (χ0v) is 7.96. The van der Waals surface area contributed by atoms with E-state index in [1.807, 2.05) is 0 Å². The Morgan fingerprint density at radius 3 is 2.54 bits per heavy atom. The van der Waals surface area contributed by atoms with Crippen LogP contribution in [0, 0.1) is 6.07 Å². The van der Waals surface area contributed by atoms with Gasteiger partial charge < -0.3 is 14.3 Å². The van der Waals surface area contributed by atoms with Crippen LogP contribution in [0.1, 0.15) is 10.4 Å². The van der Waals surface area contributed by atoms with Crippen molar-refractivity contribution in [3.8, 4) is 11.5 Å². The van der Waals surface area contributed by atoms with Gasteiger partial charge in [0.2, 0.25) is 0 Å². The molecule has 0 amide bonds. The second-order valence-electron chi connectivity index (χ2n) is 2.14. The zero-order valence-electron chi connectivity index (χ0n) is 7.96. The fraction of sp³-hybridized carbons (Fsp3) is 0.222. The molecule has 3 nitrogen and oxygen atoms in total. The zero-order chi connectivity index (χ0) is 8.97. The SMILES string of the molecule is COc1c[c-]c(C=O)c(OC)c1.[Li+]. The van der Waals surface area contributed by atoms with E-state index in [9.17, 15) is 4.79 Å². The molecule has 0 N–H and O–H groups in total. The Balaban J connectivity index is 0.00000144. The molecule has 0 saturated carbocycles. The molecule has 0 aliphatic heterocycles. The first-order chi connectivity index (χ1) is 5.81. The molecule has 13 heavy (non-hydrogen) atoms. The number of hydrogen-bond donors (Lipinski definition) is 0. The van der Waals surface area contributed by atoms with Crippen molar-refractivity contribution in [1.82, 2.24) is 0 Å². The molecule has 64 valence electrons. The monoisotopic (exact) mass is 172 g/mol. The Bertz CT molecular complexity index is 286. The van der Waals surface area contributed by atoms with Gasteiger partial charge in [-0.2, -0.15) is 0 Å². The van der Waals surface area contributed by atoms with Gasteiger partial charge in [-0.1, -0.05) is 11.6 Å². The molecule has 4 heteroatoms. The fourth-order valence-corrected chi connectivity index (χ4v) is 0.847. The summed E-state index contributed by atoms with van der Waals surface area (Å²) in [5.74, 6) is 1.10. The first-order valence-electron chi connectivity index (χ1n) is 3.40. The maximum absolute atomic E-state index is 10.4. The normalized spacial score (nSPS) is 8.46. The number of benzene rings is 1. The quantitative estimate of drug-likeness (QED) is 0.310. The van der Waals surface area contributed by atoms with E-state index in [1.165, 1.54) is 7.11 Å². The van der Waals surface area contributed by atoms with E-state index in [0.717, 1.165) is 0 Å². The van der Waals surface area contributed by atoms with E-state index in [4.69, 9.17) is 9.47 Å². The Kier molecular flexibility index (Phi) is 5.29. The molecular formula is C9H9LiO3. The van der Waals surface area contributed by atoms with Crippen molar-refractivity contribution in [3.63, 3.8) is 0 Å². The maximum Gasteiger partial charge on any atom is 1.00 e. The van der Waals surface area contributed by atoms with Crippen molar-refractivity contribution < 1.29 is 33.1 Å². The fourth-order valence-electron chi connectivity index (χ4n) is 0.847. The van der Waals surface area contributed by atoms with Gasteiger partial charge in [-0.15, -0.1) is 12.1 Å². The van der Waals surface area contributed by atoms with Crippen molar-refractivity contribution in [2.45, 2.75) is 0 Å². The number of hydrogen-bond acceptors (Lipinski definition) is 3. The van der Waals surface area contributed by atoms with Gasteiger partial charge >= 0.3 is 18.9 Å². The summed E-state index contributed by atoms with van der Waals surface area (Å²) in [6.45, 7) is 0. The topological polar surface area (TPSA) is 35.5 Å². The third-order valence-corrected chi connectivity index (χ3v) is 1.48. The molecule has 0 spiro atoms. The molecule has 0 atom stereocenters. The molecule has 0 bridgehead atoms. The van der Waals surface area contributed by atoms with Crippen LogP contribution in [0.3, 0.4) is 0 Å². The minimum atomic E-state index is 0. The predicted molar refractivity (Wildman–Crippen MR) is 43.8 cm³/mol. The van der Waals surface area contributed by atoms with Crippen molar-refractivity contribution in [2.75, 3.05) is 14.2 Å². The third kappa shape index (κ3) is 2.80. The average molecular weight is 172 g/mol. The van der Waals surface area contributed by atoms with E-state index in [-0.39, 0.29) is 18.9 Å². The van der Waals surface area contributed by atoms with Crippen molar-refractivity contribution in [1.29, 1.82) is 0 Å². The molecule has 1 aromatic rings. The minimum Gasteiger partial charge on any atom is -0.540 e. The molecule has 0 aliphatic carbocycles. The molecule has 0 radical (unpaired) electrons. The first-order valence-corrected chi connectivity index (χ1v) is 3.40. The number of rotatable bonds is 3. The predicted octanol–water partition coefficient (Wildman–Crippen LogP) is -1.68. The smallest absolute Gasteiger partial charge is 0.540 e. The van der Waals surface area contributed by atoms with Gasteiger partial charge in [-0.3, -0.25) is 0 Å². The van der Waals surface area contributed by atoms with E-state index in [2.05, 4.69) is 6.07 Å². The van der Waals surface area contributed by atoms with Crippen molar-refractivity contribution >= 4 is 6.29 Å². The van der Waals surface area contributed by atoms with Crippen LogP contribution in [0.4, 0.5) is 0 Å². The summed E-state index contributed by atoms with van der Waals surface area (Å²) in [5, 5.41) is 0. The van der Waals surface area contributed by atoms with Crippen LogP contribution < -0.4 is 28.3 Å². The van der Waals surface area contributed by atoms with Crippen LogP contribution in [-0.2, 0) is 0 Å². The average Bonchev–Trinajstić information content (AvgIpc) is 2.16. The van der Waals surface area contributed by atoms with Gasteiger partial charge in [-0.25, -0.2) is 0 Å². The summed E-state index contributed by atoms with van der Waals surface area (Å²) in [6, 6.07) is 5.97. The summed E-state index contributed by atoms with van der Waals surface area (Å²) in [6.07, 6.45) is 0.693. The van der Waals surface area contributed by atoms with Crippen LogP contribution in [0.2, 0.25) is 0 Å². The second kappa shape index (κ2) is 5.68. The summed E-state index contributed by atoms with van der Waals surface area (Å²) < 4.78 is 9.87. The van der Waals surface area contributed by atoms with Crippen molar-refractivity contribution in [2.24, 2.45) is 0 Å². The van der Waals surface area contributed by atoms with Gasteiger partial charge in [0.25, 0.3) is 0 Å². The second-order valence-corrected chi connectivity index (χ2v) is 2.14. The molecule has 0 fully saturated rings. The van der Waals surface area contributed by atoms with Crippen LogP contribution in [0.5, 0.6) is 11.5 Å². The number of ether oxygens (including phenoxy) is 2. The summed E-state index contributed by atoms with van der Waals surface area (Å²) >= 11 is 0. The third-order valence-electron chi connectivity index (χ3n) is 1.48. The van der Waals surface area contributed by atoms with Crippen LogP contribution in [0.25, 0.3) is 0 Å². The first kappa shape index (κ1) is 12.1. The van der Waals surface area contributed by atoms with E-state index in [1.54, 1.807) is 19.2 Å². The van der Waals surface area contributed by atoms with Gasteiger partial charge in [0.05, 0.1) is 20.5 Å². The van der Waals surface area contributed by atoms with E-state index < -0.39 is 0 Å². The standard InChI is InChI=1S/C9H9O3.Li/c1-11-8-4-3-7(6-10)9(5-8)12-2;/h4-6H,1-2H3;/q-1;+1. The Morgan fingerprint density at radius 1 is 1.38 bits per heavy atom. The van der Waals surface area contributed by atoms with Crippen molar-refractivity contribution in [3.05, 3.63) is 23.8 Å². The molecule has 0 aromatic heterocycles. The Morgan fingerprint density at radius 2 is 2.08 bits per heavy atom. The number of carbonyl (C=O) groups excluding carboxylic acids is 1. The van der Waals surface area contributed by atoms with E-state index >= 15 is 0 Å². The van der Waals surface area contributed by atoms with E-state index in [0.29, 0.717) is 23.3 Å².